The van der Waals surface area contributed by atoms with Gasteiger partial charge in [0.15, 0.2) is 0 Å². The number of hydrogen-bond acceptors (Lipinski definition) is 6. The molecule has 0 atom stereocenters. The number of aliphatic hydroxyl groups is 1. The van der Waals surface area contributed by atoms with Gasteiger partial charge in [-0.1, -0.05) is 16.9 Å². The van der Waals surface area contributed by atoms with Crippen molar-refractivity contribution in [2.75, 3.05) is 11.9 Å². The van der Waals surface area contributed by atoms with Crippen molar-refractivity contribution >= 4 is 23.3 Å². The molecule has 0 spiro atoms. The van der Waals surface area contributed by atoms with Crippen LogP contribution in [0.25, 0.3) is 0 Å². The Kier molecular flexibility index (Phi) is 4.28. The van der Waals surface area contributed by atoms with Gasteiger partial charge in [-0.25, -0.2) is 0 Å². The lowest BCUT2D eigenvalue weighted by molar-refractivity contribution is 0.102. The SMILES string of the molecule is Cc1nnc(NC(=O)c2ccc(C#CCCO)s2)o1. The molecular formula is C12H11N3O3S. The maximum Gasteiger partial charge on any atom is 0.322 e. The fourth-order valence-corrected chi connectivity index (χ4v) is 2.01. The second kappa shape index (κ2) is 6.13. The molecule has 0 fully saturated rings. The van der Waals surface area contributed by atoms with Crippen molar-refractivity contribution in [1.29, 1.82) is 0 Å². The minimum atomic E-state index is -0.316. The third kappa shape index (κ3) is 3.64. The molecule has 2 heterocycles. The van der Waals surface area contributed by atoms with E-state index in [1.807, 2.05) is 0 Å². The first kappa shape index (κ1) is 13.3. The van der Waals surface area contributed by atoms with Gasteiger partial charge in [-0.3, -0.25) is 10.1 Å². The lowest BCUT2D eigenvalue weighted by Crippen LogP contribution is -2.10. The van der Waals surface area contributed by atoms with E-state index < -0.39 is 0 Å². The third-order valence-electron chi connectivity index (χ3n) is 2.02. The Hall–Kier alpha value is -2.17. The summed E-state index contributed by atoms with van der Waals surface area (Å²) in [7, 11) is 0. The number of rotatable bonds is 3. The molecule has 2 N–H and O–H groups in total. The molecule has 0 saturated heterocycles. The summed E-state index contributed by atoms with van der Waals surface area (Å²) in [6.45, 7) is 1.67. The van der Waals surface area contributed by atoms with Crippen molar-refractivity contribution < 1.29 is 14.3 Å². The lowest BCUT2D eigenvalue weighted by Gasteiger charge is -1.95. The van der Waals surface area contributed by atoms with Crippen molar-refractivity contribution in [3.05, 3.63) is 27.8 Å². The van der Waals surface area contributed by atoms with Crippen molar-refractivity contribution in [1.82, 2.24) is 10.2 Å². The van der Waals surface area contributed by atoms with E-state index in [2.05, 4.69) is 27.4 Å². The zero-order valence-corrected chi connectivity index (χ0v) is 11.0. The van der Waals surface area contributed by atoms with Gasteiger partial charge >= 0.3 is 6.01 Å². The number of carbonyl (C=O) groups is 1. The van der Waals surface area contributed by atoms with E-state index in [-0.39, 0.29) is 18.5 Å². The molecule has 0 radical (unpaired) electrons. The molecule has 0 bridgehead atoms. The van der Waals surface area contributed by atoms with E-state index in [1.165, 1.54) is 11.3 Å². The molecule has 1 amide bonds. The smallest absolute Gasteiger partial charge is 0.322 e. The largest absolute Gasteiger partial charge is 0.408 e. The van der Waals surface area contributed by atoms with Crippen LogP contribution in [0.2, 0.25) is 0 Å². The zero-order valence-electron chi connectivity index (χ0n) is 10.1. The zero-order chi connectivity index (χ0) is 13.7. The highest BCUT2D eigenvalue weighted by molar-refractivity contribution is 7.14. The predicted molar refractivity (Wildman–Crippen MR) is 69.9 cm³/mol. The Morgan fingerprint density at radius 2 is 2.37 bits per heavy atom. The standard InChI is InChI=1S/C12H11N3O3S/c1-8-14-15-12(18-8)13-11(17)10-6-5-9(19-10)4-2-3-7-16/h5-6,16H,3,7H2,1H3,(H,13,15,17). The van der Waals surface area contributed by atoms with E-state index in [0.29, 0.717) is 17.2 Å². The van der Waals surface area contributed by atoms with Crippen molar-refractivity contribution in [3.8, 4) is 11.8 Å². The first-order valence-electron chi connectivity index (χ1n) is 5.50. The number of hydrogen-bond donors (Lipinski definition) is 2. The van der Waals surface area contributed by atoms with Crippen LogP contribution in [-0.4, -0.2) is 27.8 Å². The Morgan fingerprint density at radius 3 is 3.05 bits per heavy atom. The van der Waals surface area contributed by atoms with Gasteiger partial charge in [-0.05, 0) is 12.1 Å². The van der Waals surface area contributed by atoms with Crippen LogP contribution in [0.5, 0.6) is 0 Å². The summed E-state index contributed by atoms with van der Waals surface area (Å²) in [4.78, 5) is 13.1. The van der Waals surface area contributed by atoms with Gasteiger partial charge in [0.2, 0.25) is 5.89 Å². The third-order valence-corrected chi connectivity index (χ3v) is 3.02. The highest BCUT2D eigenvalue weighted by Gasteiger charge is 2.12. The van der Waals surface area contributed by atoms with E-state index in [9.17, 15) is 4.79 Å². The molecule has 0 aliphatic heterocycles. The fraction of sp³-hybridized carbons (Fsp3) is 0.250. The van der Waals surface area contributed by atoms with Crippen molar-refractivity contribution in [2.45, 2.75) is 13.3 Å². The normalized spacial score (nSPS) is 9.79. The number of aliphatic hydroxyl groups excluding tert-OH is 1. The highest BCUT2D eigenvalue weighted by Crippen LogP contribution is 2.17. The number of thiophene rings is 1. The van der Waals surface area contributed by atoms with E-state index in [0.717, 1.165) is 4.88 Å². The van der Waals surface area contributed by atoms with Crippen LogP contribution in [0.1, 0.15) is 26.9 Å². The topological polar surface area (TPSA) is 88.2 Å². The second-order valence-electron chi connectivity index (χ2n) is 3.52. The summed E-state index contributed by atoms with van der Waals surface area (Å²) >= 11 is 1.26. The molecule has 98 valence electrons. The molecule has 0 aliphatic rings. The summed E-state index contributed by atoms with van der Waals surface area (Å²) in [6.07, 6.45) is 0.417. The van der Waals surface area contributed by atoms with E-state index in [4.69, 9.17) is 9.52 Å². The molecule has 19 heavy (non-hydrogen) atoms. The molecular weight excluding hydrogens is 266 g/mol. The number of nitrogens with one attached hydrogen (secondary N) is 1. The first-order valence-corrected chi connectivity index (χ1v) is 6.31. The quantitative estimate of drug-likeness (QED) is 0.828. The molecule has 2 aromatic heterocycles. The molecule has 0 aliphatic carbocycles. The predicted octanol–water partition coefficient (Wildman–Crippen LogP) is 1.43. The number of aromatic nitrogens is 2. The van der Waals surface area contributed by atoms with Gasteiger partial charge in [-0.2, -0.15) is 0 Å². The van der Waals surface area contributed by atoms with Gasteiger partial charge < -0.3 is 9.52 Å². The first-order chi connectivity index (χ1) is 9.19. The molecule has 0 aromatic carbocycles. The van der Waals surface area contributed by atoms with Crippen LogP contribution >= 0.6 is 11.3 Å². The number of anilines is 1. The van der Waals surface area contributed by atoms with E-state index >= 15 is 0 Å². The summed E-state index contributed by atoms with van der Waals surface area (Å²) in [6, 6.07) is 3.50. The van der Waals surface area contributed by atoms with Gasteiger partial charge in [0.1, 0.15) is 0 Å². The minimum absolute atomic E-state index is 0.0300. The van der Waals surface area contributed by atoms with Crippen molar-refractivity contribution in [2.24, 2.45) is 0 Å². The van der Waals surface area contributed by atoms with Crippen LogP contribution < -0.4 is 5.32 Å². The molecule has 2 rings (SSSR count). The average Bonchev–Trinajstić information content (AvgIpc) is 2.99. The Labute approximate surface area is 113 Å². The summed E-state index contributed by atoms with van der Waals surface area (Å²) < 4.78 is 5.06. The molecule has 7 heteroatoms. The van der Waals surface area contributed by atoms with Gasteiger partial charge in [0.05, 0.1) is 16.4 Å². The molecule has 2 aromatic rings. The minimum Gasteiger partial charge on any atom is -0.408 e. The van der Waals surface area contributed by atoms with Crippen LogP contribution in [0.15, 0.2) is 16.5 Å². The Bertz CT molecular complexity index is 636. The fourth-order valence-electron chi connectivity index (χ4n) is 1.24. The Balaban J connectivity index is 2.02. The van der Waals surface area contributed by atoms with Crippen LogP contribution in [0.4, 0.5) is 6.01 Å². The molecule has 0 unspecified atom stereocenters. The maximum atomic E-state index is 11.8. The van der Waals surface area contributed by atoms with E-state index in [1.54, 1.807) is 19.1 Å². The van der Waals surface area contributed by atoms with Gasteiger partial charge in [-0.15, -0.1) is 16.4 Å². The van der Waals surface area contributed by atoms with Gasteiger partial charge in [0.25, 0.3) is 5.91 Å². The summed E-state index contributed by atoms with van der Waals surface area (Å²) in [5.74, 6) is 5.73. The van der Waals surface area contributed by atoms with Gasteiger partial charge in [0, 0.05) is 13.3 Å². The maximum absolute atomic E-state index is 11.8. The number of aryl methyl sites for hydroxylation is 1. The second-order valence-corrected chi connectivity index (χ2v) is 4.60. The molecule has 6 nitrogen and oxygen atoms in total. The number of carbonyl (C=O) groups excluding carboxylic acids is 1. The summed E-state index contributed by atoms with van der Waals surface area (Å²) in [5, 5.41) is 18.4. The number of nitrogens with zero attached hydrogens (tertiary/aromatic N) is 2. The Morgan fingerprint density at radius 1 is 1.53 bits per heavy atom. The van der Waals surface area contributed by atoms with Crippen LogP contribution in [0, 0.1) is 18.8 Å². The number of amides is 1. The monoisotopic (exact) mass is 277 g/mol. The highest BCUT2D eigenvalue weighted by atomic mass is 32.1. The average molecular weight is 277 g/mol. The van der Waals surface area contributed by atoms with Crippen molar-refractivity contribution in [3.63, 3.8) is 0 Å². The lowest BCUT2D eigenvalue weighted by atomic mass is 10.4. The van der Waals surface area contributed by atoms with Crippen LogP contribution in [-0.2, 0) is 0 Å². The van der Waals surface area contributed by atoms with Crippen LogP contribution in [0.3, 0.4) is 0 Å². The molecule has 0 saturated carbocycles. The summed E-state index contributed by atoms with van der Waals surface area (Å²) in [5.41, 5.74) is 0.